The lowest BCUT2D eigenvalue weighted by molar-refractivity contribution is 0.560. The summed E-state index contributed by atoms with van der Waals surface area (Å²) >= 11 is 0. The molecule has 2 aromatic carbocycles. The summed E-state index contributed by atoms with van der Waals surface area (Å²) in [5.74, 6) is 0. The molecule has 0 saturated heterocycles. The molecule has 20 heavy (non-hydrogen) atoms. The molecule has 0 spiro atoms. The summed E-state index contributed by atoms with van der Waals surface area (Å²) in [5.41, 5.74) is 4.20. The van der Waals surface area contributed by atoms with Crippen molar-refractivity contribution in [3.63, 3.8) is 0 Å². The fourth-order valence-corrected chi connectivity index (χ4v) is 2.53. The maximum Gasteiger partial charge on any atom is 0.336 e. The Hall–Kier alpha value is -2.35. The normalized spacial score (nSPS) is 10.8. The monoisotopic (exact) mass is 264 g/mol. The van der Waals surface area contributed by atoms with E-state index < -0.39 is 0 Å². The molecule has 0 bridgehead atoms. The van der Waals surface area contributed by atoms with Crippen LogP contribution in [0, 0.1) is 6.92 Å². The van der Waals surface area contributed by atoms with Crippen molar-refractivity contribution in [1.82, 2.24) is 0 Å². The molecule has 0 amide bonds. The average Bonchev–Trinajstić information content (AvgIpc) is 2.47. The van der Waals surface area contributed by atoms with Gasteiger partial charge in [-0.3, -0.25) is 0 Å². The van der Waals surface area contributed by atoms with Crippen LogP contribution in [0.15, 0.2) is 63.8 Å². The Morgan fingerprint density at radius 2 is 1.70 bits per heavy atom. The predicted octanol–water partition coefficient (Wildman–Crippen LogP) is 3.89. The highest BCUT2D eigenvalue weighted by Gasteiger charge is 2.06. The van der Waals surface area contributed by atoms with Gasteiger partial charge in [-0.05, 0) is 48.6 Å². The van der Waals surface area contributed by atoms with Gasteiger partial charge in [-0.25, -0.2) is 4.79 Å². The Labute approximate surface area is 117 Å². The van der Waals surface area contributed by atoms with Crippen molar-refractivity contribution in [3.05, 3.63) is 81.7 Å². The van der Waals surface area contributed by atoms with E-state index in [1.807, 2.05) is 18.2 Å². The first kappa shape index (κ1) is 12.7. The number of hydrogen-bond donors (Lipinski definition) is 0. The number of fused-ring (bicyclic) bond motifs is 1. The molecule has 100 valence electrons. The first-order valence-electron chi connectivity index (χ1n) is 6.80. The van der Waals surface area contributed by atoms with Crippen LogP contribution < -0.4 is 5.63 Å². The zero-order valence-electron chi connectivity index (χ0n) is 11.4. The summed E-state index contributed by atoms with van der Waals surface area (Å²) in [7, 11) is 0. The maximum absolute atomic E-state index is 11.2. The van der Waals surface area contributed by atoms with Gasteiger partial charge in [0.25, 0.3) is 0 Å². The quantitative estimate of drug-likeness (QED) is 0.672. The molecule has 1 heterocycles. The lowest BCUT2D eigenvalue weighted by Crippen LogP contribution is -1.98. The highest BCUT2D eigenvalue weighted by Crippen LogP contribution is 2.21. The summed E-state index contributed by atoms with van der Waals surface area (Å²) in [5, 5.41) is 1.02. The third-order valence-electron chi connectivity index (χ3n) is 3.71. The molecule has 2 nitrogen and oxygen atoms in total. The second-order valence-corrected chi connectivity index (χ2v) is 5.00. The average molecular weight is 264 g/mol. The maximum atomic E-state index is 11.2. The minimum Gasteiger partial charge on any atom is -0.423 e. The third kappa shape index (κ3) is 2.50. The Morgan fingerprint density at radius 3 is 2.50 bits per heavy atom. The van der Waals surface area contributed by atoms with Crippen LogP contribution in [-0.2, 0) is 12.8 Å². The third-order valence-corrected chi connectivity index (χ3v) is 3.71. The van der Waals surface area contributed by atoms with Gasteiger partial charge in [0.05, 0.1) is 0 Å². The van der Waals surface area contributed by atoms with Crippen molar-refractivity contribution in [2.75, 3.05) is 0 Å². The van der Waals surface area contributed by atoms with Crippen LogP contribution in [0.1, 0.15) is 16.7 Å². The molecule has 0 aliphatic carbocycles. The van der Waals surface area contributed by atoms with Gasteiger partial charge in [0.2, 0.25) is 0 Å². The molecule has 1 aromatic heterocycles. The van der Waals surface area contributed by atoms with Crippen molar-refractivity contribution in [3.8, 4) is 0 Å². The number of benzene rings is 2. The molecule has 3 rings (SSSR count). The van der Waals surface area contributed by atoms with Crippen LogP contribution in [0.3, 0.4) is 0 Å². The van der Waals surface area contributed by atoms with Crippen LogP contribution in [-0.4, -0.2) is 0 Å². The second kappa shape index (κ2) is 5.33. The van der Waals surface area contributed by atoms with E-state index in [-0.39, 0.29) is 5.63 Å². The van der Waals surface area contributed by atoms with E-state index in [4.69, 9.17) is 4.42 Å². The fourth-order valence-electron chi connectivity index (χ4n) is 2.53. The van der Waals surface area contributed by atoms with Crippen LogP contribution in [0.25, 0.3) is 11.0 Å². The second-order valence-electron chi connectivity index (χ2n) is 5.00. The summed E-state index contributed by atoms with van der Waals surface area (Å²) in [6, 6.07) is 17.7. The van der Waals surface area contributed by atoms with Gasteiger partial charge in [-0.1, -0.05) is 36.4 Å². The Bertz CT molecular complexity index is 785. The van der Waals surface area contributed by atoms with Gasteiger partial charge in [-0.2, -0.15) is 0 Å². The van der Waals surface area contributed by atoms with Crippen LogP contribution in [0.5, 0.6) is 0 Å². The molecular formula is C18H16O2. The van der Waals surface area contributed by atoms with Crippen molar-refractivity contribution < 1.29 is 4.42 Å². The van der Waals surface area contributed by atoms with Crippen molar-refractivity contribution in [2.45, 2.75) is 19.8 Å². The first-order valence-corrected chi connectivity index (χ1v) is 6.80. The Kier molecular flexibility index (Phi) is 3.38. The molecule has 0 unspecified atom stereocenters. The highest BCUT2D eigenvalue weighted by atomic mass is 16.4. The van der Waals surface area contributed by atoms with E-state index >= 15 is 0 Å². The fraction of sp³-hybridized carbons (Fsp3) is 0.167. The van der Waals surface area contributed by atoms with E-state index in [0.717, 1.165) is 18.2 Å². The molecule has 0 aliphatic rings. The molecule has 3 aromatic rings. The lowest BCUT2D eigenvalue weighted by atomic mass is 9.98. The Balaban J connectivity index is 1.91. The van der Waals surface area contributed by atoms with E-state index in [0.29, 0.717) is 5.58 Å². The van der Waals surface area contributed by atoms with Crippen LogP contribution in [0.4, 0.5) is 0 Å². The molecular weight excluding hydrogens is 248 g/mol. The molecule has 0 atom stereocenters. The summed E-state index contributed by atoms with van der Waals surface area (Å²) in [4.78, 5) is 11.2. The standard InChI is InChI=1S/C18H16O2/c1-13-15(8-7-14-5-3-2-4-6-14)9-11-17-16(13)10-12-18(19)20-17/h2-6,9-12H,7-8H2,1H3. The van der Waals surface area contributed by atoms with E-state index in [2.05, 4.69) is 37.3 Å². The molecule has 2 heteroatoms. The molecule has 0 fully saturated rings. The summed E-state index contributed by atoms with van der Waals surface area (Å²) in [6.07, 6.45) is 2.01. The minimum absolute atomic E-state index is 0.297. The molecule has 0 saturated carbocycles. The van der Waals surface area contributed by atoms with E-state index in [1.54, 1.807) is 0 Å². The molecule has 0 N–H and O–H groups in total. The van der Waals surface area contributed by atoms with Gasteiger partial charge in [0, 0.05) is 11.5 Å². The molecule has 0 radical (unpaired) electrons. The number of rotatable bonds is 3. The topological polar surface area (TPSA) is 30.2 Å². The summed E-state index contributed by atoms with van der Waals surface area (Å²) in [6.45, 7) is 2.09. The van der Waals surface area contributed by atoms with Crippen molar-refractivity contribution >= 4 is 11.0 Å². The smallest absolute Gasteiger partial charge is 0.336 e. The van der Waals surface area contributed by atoms with Crippen LogP contribution >= 0.6 is 0 Å². The first-order chi connectivity index (χ1) is 9.74. The zero-order valence-corrected chi connectivity index (χ0v) is 11.4. The van der Waals surface area contributed by atoms with Gasteiger partial charge < -0.3 is 4.42 Å². The summed E-state index contributed by atoms with van der Waals surface area (Å²) < 4.78 is 5.20. The minimum atomic E-state index is -0.297. The lowest BCUT2D eigenvalue weighted by Gasteiger charge is -2.08. The SMILES string of the molecule is Cc1c(CCc2ccccc2)ccc2oc(=O)ccc12. The van der Waals surface area contributed by atoms with Crippen molar-refractivity contribution in [2.24, 2.45) is 0 Å². The number of aryl methyl sites for hydroxylation is 3. The van der Waals surface area contributed by atoms with Crippen molar-refractivity contribution in [1.29, 1.82) is 0 Å². The van der Waals surface area contributed by atoms with E-state index in [9.17, 15) is 4.79 Å². The highest BCUT2D eigenvalue weighted by molar-refractivity contribution is 5.81. The van der Waals surface area contributed by atoms with Gasteiger partial charge in [-0.15, -0.1) is 0 Å². The van der Waals surface area contributed by atoms with Gasteiger partial charge in [0.15, 0.2) is 0 Å². The number of hydrogen-bond acceptors (Lipinski definition) is 2. The van der Waals surface area contributed by atoms with Crippen LogP contribution in [0.2, 0.25) is 0 Å². The Morgan fingerprint density at radius 1 is 0.900 bits per heavy atom. The largest absolute Gasteiger partial charge is 0.423 e. The van der Waals surface area contributed by atoms with Gasteiger partial charge >= 0.3 is 5.63 Å². The van der Waals surface area contributed by atoms with Gasteiger partial charge in [0.1, 0.15) is 5.58 Å². The molecule has 0 aliphatic heterocycles. The van der Waals surface area contributed by atoms with E-state index in [1.165, 1.54) is 22.8 Å². The zero-order chi connectivity index (χ0) is 13.9. The predicted molar refractivity (Wildman–Crippen MR) is 81.1 cm³/mol.